The molecule has 0 aliphatic heterocycles. The van der Waals surface area contributed by atoms with Crippen LogP contribution in [-0.4, -0.2) is 9.13 Å². The van der Waals surface area contributed by atoms with E-state index in [9.17, 15) is 39.5 Å². The van der Waals surface area contributed by atoms with E-state index in [1.54, 1.807) is 95.6 Å². The van der Waals surface area contributed by atoms with E-state index >= 15 is 0 Å². The molecule has 0 bridgehead atoms. The molecule has 0 saturated heterocycles. The third kappa shape index (κ3) is 4.71. The number of nitrogens with zero attached hydrogens (tertiary/aromatic N) is 7. The van der Waals surface area contributed by atoms with E-state index < -0.39 is 11.7 Å². The molecule has 6 aromatic carbocycles. The van der Waals surface area contributed by atoms with Crippen LogP contribution in [0.25, 0.3) is 66.1 Å². The van der Waals surface area contributed by atoms with E-state index in [1.807, 2.05) is 4.57 Å². The lowest BCUT2D eigenvalue weighted by Gasteiger charge is -2.20. The molecular formula is C42H18F3N7. The number of halogens is 3. The van der Waals surface area contributed by atoms with Gasteiger partial charge >= 0.3 is 6.18 Å². The van der Waals surface area contributed by atoms with Gasteiger partial charge in [-0.15, -0.1) is 0 Å². The van der Waals surface area contributed by atoms with Crippen molar-refractivity contribution >= 4 is 43.6 Å². The van der Waals surface area contributed by atoms with Gasteiger partial charge in [-0.05, 0) is 96.6 Å². The van der Waals surface area contributed by atoms with Crippen LogP contribution in [0.5, 0.6) is 0 Å². The summed E-state index contributed by atoms with van der Waals surface area (Å²) in [5.41, 5.74) is 4.40. The highest BCUT2D eigenvalue weighted by Gasteiger charge is 2.31. The van der Waals surface area contributed by atoms with Crippen molar-refractivity contribution in [2.75, 3.05) is 0 Å². The quantitative estimate of drug-likeness (QED) is 0.184. The number of fused-ring (bicyclic) bond motifs is 6. The number of nitriles is 5. The van der Waals surface area contributed by atoms with Gasteiger partial charge in [0.2, 0.25) is 0 Å². The molecule has 0 fully saturated rings. The molecule has 10 heteroatoms. The summed E-state index contributed by atoms with van der Waals surface area (Å²) in [4.78, 5) is 0. The average Bonchev–Trinajstić information content (AvgIpc) is 3.67. The number of hydrogen-bond acceptors (Lipinski definition) is 5. The fraction of sp³-hybridized carbons (Fsp3) is 0.0238. The molecule has 242 valence electrons. The Hall–Kier alpha value is -7.84. The highest BCUT2D eigenvalue weighted by Crippen LogP contribution is 2.43. The van der Waals surface area contributed by atoms with Gasteiger partial charge in [0.1, 0.15) is 11.6 Å². The first-order valence-electron chi connectivity index (χ1n) is 15.7. The molecule has 8 aromatic rings. The maximum atomic E-state index is 14.1. The summed E-state index contributed by atoms with van der Waals surface area (Å²) in [6.07, 6.45) is -4.63. The van der Waals surface area contributed by atoms with Gasteiger partial charge in [-0.1, -0.05) is 18.2 Å². The van der Waals surface area contributed by atoms with Gasteiger partial charge in [-0.2, -0.15) is 39.5 Å². The minimum absolute atomic E-state index is 0.120. The summed E-state index contributed by atoms with van der Waals surface area (Å²) in [7, 11) is 0. The molecule has 0 spiro atoms. The fourth-order valence-electron chi connectivity index (χ4n) is 7.03. The van der Waals surface area contributed by atoms with Crippen molar-refractivity contribution in [2.45, 2.75) is 6.18 Å². The summed E-state index contributed by atoms with van der Waals surface area (Å²) < 4.78 is 45.8. The van der Waals surface area contributed by atoms with Gasteiger partial charge in [0, 0.05) is 27.1 Å². The van der Waals surface area contributed by atoms with Crippen LogP contribution in [0.15, 0.2) is 109 Å². The number of alkyl halides is 3. The van der Waals surface area contributed by atoms with Gasteiger partial charge in [0.15, 0.2) is 0 Å². The molecule has 0 saturated carbocycles. The normalized spacial score (nSPS) is 11.3. The van der Waals surface area contributed by atoms with Crippen LogP contribution < -0.4 is 0 Å². The van der Waals surface area contributed by atoms with E-state index in [2.05, 4.69) is 30.3 Å². The minimum atomic E-state index is -4.63. The Labute approximate surface area is 293 Å². The highest BCUT2D eigenvalue weighted by molar-refractivity contribution is 6.12. The number of rotatable bonds is 3. The second-order valence-corrected chi connectivity index (χ2v) is 12.1. The molecule has 2 heterocycles. The van der Waals surface area contributed by atoms with Gasteiger partial charge in [0.05, 0.1) is 85.5 Å². The summed E-state index contributed by atoms with van der Waals surface area (Å²) in [6, 6.07) is 39.5. The third-order valence-electron chi connectivity index (χ3n) is 9.28. The van der Waals surface area contributed by atoms with Crippen LogP contribution in [-0.2, 0) is 6.18 Å². The molecule has 7 nitrogen and oxygen atoms in total. The Kier molecular flexibility index (Phi) is 7.04. The summed E-state index contributed by atoms with van der Waals surface area (Å²) >= 11 is 0. The van der Waals surface area contributed by atoms with Crippen LogP contribution >= 0.6 is 0 Å². The van der Waals surface area contributed by atoms with Crippen LogP contribution in [0, 0.1) is 56.7 Å². The third-order valence-corrected chi connectivity index (χ3v) is 9.28. The van der Waals surface area contributed by atoms with E-state index in [0.29, 0.717) is 77.1 Å². The van der Waals surface area contributed by atoms with Crippen molar-refractivity contribution in [1.82, 2.24) is 9.13 Å². The average molecular weight is 678 g/mol. The van der Waals surface area contributed by atoms with Gasteiger partial charge in [-0.25, -0.2) is 0 Å². The van der Waals surface area contributed by atoms with Gasteiger partial charge < -0.3 is 9.13 Å². The van der Waals surface area contributed by atoms with Crippen molar-refractivity contribution in [3.8, 4) is 52.8 Å². The predicted octanol–water partition coefficient (Wildman–Crippen LogP) is 9.92. The van der Waals surface area contributed by atoms with E-state index in [1.165, 1.54) is 6.07 Å². The molecule has 52 heavy (non-hydrogen) atoms. The Bertz CT molecular complexity index is 2930. The molecule has 0 amide bonds. The summed E-state index contributed by atoms with van der Waals surface area (Å²) in [5.74, 6) is 0. The molecule has 8 rings (SSSR count). The smallest absolute Gasteiger partial charge is 0.308 e. The lowest BCUT2D eigenvalue weighted by molar-refractivity contribution is -0.137. The molecule has 0 aliphatic carbocycles. The Morgan fingerprint density at radius 2 is 0.904 bits per heavy atom. The lowest BCUT2D eigenvalue weighted by atomic mass is 9.96. The zero-order valence-corrected chi connectivity index (χ0v) is 26.7. The first kappa shape index (κ1) is 31.4. The van der Waals surface area contributed by atoms with Crippen molar-refractivity contribution in [3.05, 3.63) is 143 Å². The standard InChI is InChI=1S/C42H18F3N7/c43-42(44,45)29-3-1-2-28(18-29)30-8-13-40(51-36-9-4-24(19-46)14-31(36)32-15-25(20-47)5-10-37(32)51)35(23-50)41(30)52-38-11-6-26(21-48)16-33(38)34-17-27(22-49)7-12-39(34)52/h1-18H. The van der Waals surface area contributed by atoms with Crippen LogP contribution in [0.4, 0.5) is 13.2 Å². The van der Waals surface area contributed by atoms with Crippen LogP contribution in [0.1, 0.15) is 33.4 Å². The maximum absolute atomic E-state index is 14.1. The van der Waals surface area contributed by atoms with Crippen molar-refractivity contribution < 1.29 is 13.2 Å². The van der Waals surface area contributed by atoms with Crippen molar-refractivity contribution in [2.24, 2.45) is 0 Å². The molecule has 0 unspecified atom stereocenters. The molecule has 0 aliphatic rings. The highest BCUT2D eigenvalue weighted by atomic mass is 19.4. The van der Waals surface area contributed by atoms with Gasteiger partial charge in [-0.3, -0.25) is 0 Å². The first-order chi connectivity index (χ1) is 25.2. The lowest BCUT2D eigenvalue weighted by Crippen LogP contribution is -2.08. The molecule has 0 N–H and O–H groups in total. The van der Waals surface area contributed by atoms with E-state index in [-0.39, 0.29) is 16.8 Å². The first-order valence-corrected chi connectivity index (χ1v) is 15.7. The fourth-order valence-corrected chi connectivity index (χ4v) is 7.03. The maximum Gasteiger partial charge on any atom is 0.416 e. The summed E-state index contributed by atoms with van der Waals surface area (Å²) in [6.45, 7) is 0. The molecular weight excluding hydrogens is 660 g/mol. The molecule has 0 radical (unpaired) electrons. The summed E-state index contributed by atoms with van der Waals surface area (Å²) in [5, 5.41) is 52.6. The van der Waals surface area contributed by atoms with E-state index in [0.717, 1.165) is 12.1 Å². The number of benzene rings is 6. The number of hydrogen-bond donors (Lipinski definition) is 0. The van der Waals surface area contributed by atoms with E-state index in [4.69, 9.17) is 0 Å². The molecule has 2 aromatic heterocycles. The largest absolute Gasteiger partial charge is 0.416 e. The Morgan fingerprint density at radius 1 is 0.462 bits per heavy atom. The second-order valence-electron chi connectivity index (χ2n) is 12.1. The SMILES string of the molecule is N#Cc1ccc2c(c1)c1cc(C#N)ccc1n2-c1ccc(-c2cccc(C(F)(F)F)c2)c(-n2c3ccc(C#N)cc3c3cc(C#N)ccc32)c1C#N. The van der Waals surface area contributed by atoms with Crippen molar-refractivity contribution in [1.29, 1.82) is 26.3 Å². The molecule has 0 atom stereocenters. The van der Waals surface area contributed by atoms with Crippen LogP contribution in [0.2, 0.25) is 0 Å². The zero-order chi connectivity index (χ0) is 36.3. The second kappa shape index (κ2) is 11.6. The Morgan fingerprint density at radius 3 is 1.31 bits per heavy atom. The Balaban J connectivity index is 1.57. The van der Waals surface area contributed by atoms with Crippen molar-refractivity contribution in [3.63, 3.8) is 0 Å². The minimum Gasteiger partial charge on any atom is -0.308 e. The topological polar surface area (TPSA) is 129 Å². The monoisotopic (exact) mass is 677 g/mol. The zero-order valence-electron chi connectivity index (χ0n) is 26.7. The number of aromatic nitrogens is 2. The predicted molar refractivity (Wildman–Crippen MR) is 189 cm³/mol. The van der Waals surface area contributed by atoms with Crippen LogP contribution in [0.3, 0.4) is 0 Å². The van der Waals surface area contributed by atoms with Gasteiger partial charge in [0.25, 0.3) is 0 Å².